The van der Waals surface area contributed by atoms with Gasteiger partial charge in [0.25, 0.3) is 0 Å². The van der Waals surface area contributed by atoms with E-state index in [0.717, 1.165) is 0 Å². The highest BCUT2D eigenvalue weighted by molar-refractivity contribution is 5.79. The molecule has 7 heteroatoms. The fourth-order valence-corrected chi connectivity index (χ4v) is 5.06. The standard InChI is InChI=1S/C27H32N2O5/c1-17(25(30)29-19-13-12-18(15-19)26(31)32)7-6-14-28-27(33)34-16-24-22-10-4-2-8-20(22)21-9-3-5-11-23(21)24/h2-5,8-11,17-19,24H,6-7,12-16H2,1H3,(H,28,33)(H,29,30)(H,31,32)/t17?,18-,19+/m1/s1. The fraction of sp³-hybridized carbons (Fsp3) is 0.444. The average molecular weight is 465 g/mol. The van der Waals surface area contributed by atoms with Crippen LogP contribution in [0.4, 0.5) is 4.79 Å². The summed E-state index contributed by atoms with van der Waals surface area (Å²) in [5.41, 5.74) is 4.73. The summed E-state index contributed by atoms with van der Waals surface area (Å²) in [6.07, 6.45) is 2.64. The van der Waals surface area contributed by atoms with Gasteiger partial charge in [0.05, 0.1) is 5.92 Å². The number of carbonyl (C=O) groups excluding carboxylic acids is 2. The van der Waals surface area contributed by atoms with Gasteiger partial charge in [0.15, 0.2) is 0 Å². The zero-order valence-corrected chi connectivity index (χ0v) is 19.5. The van der Waals surface area contributed by atoms with Gasteiger partial charge in [-0.25, -0.2) is 4.79 Å². The molecule has 1 unspecified atom stereocenters. The molecule has 0 heterocycles. The molecule has 2 aliphatic carbocycles. The van der Waals surface area contributed by atoms with Crippen molar-refractivity contribution in [1.82, 2.24) is 10.6 Å². The lowest BCUT2D eigenvalue weighted by atomic mass is 9.98. The Bertz CT molecular complexity index is 1010. The Hall–Kier alpha value is -3.35. The predicted octanol–water partition coefficient (Wildman–Crippen LogP) is 4.31. The number of carboxylic acids is 1. The van der Waals surface area contributed by atoms with Crippen LogP contribution in [-0.2, 0) is 14.3 Å². The zero-order chi connectivity index (χ0) is 24.1. The van der Waals surface area contributed by atoms with Crippen molar-refractivity contribution in [1.29, 1.82) is 0 Å². The summed E-state index contributed by atoms with van der Waals surface area (Å²) in [5, 5.41) is 14.8. The lowest BCUT2D eigenvalue weighted by Gasteiger charge is -2.17. The van der Waals surface area contributed by atoms with Crippen LogP contribution in [0, 0.1) is 11.8 Å². The third kappa shape index (κ3) is 5.41. The molecular weight excluding hydrogens is 432 g/mol. The molecule has 1 saturated carbocycles. The molecule has 2 amide bonds. The van der Waals surface area contributed by atoms with E-state index in [1.807, 2.05) is 31.2 Å². The number of aliphatic carboxylic acids is 1. The van der Waals surface area contributed by atoms with E-state index in [-0.39, 0.29) is 36.3 Å². The molecule has 3 N–H and O–H groups in total. The molecule has 2 aliphatic rings. The summed E-state index contributed by atoms with van der Waals surface area (Å²) in [5.74, 6) is -1.38. The molecule has 0 aromatic heterocycles. The predicted molar refractivity (Wildman–Crippen MR) is 128 cm³/mol. The van der Waals surface area contributed by atoms with E-state index in [0.29, 0.717) is 38.6 Å². The number of nitrogens with one attached hydrogen (secondary N) is 2. The first-order chi connectivity index (χ1) is 16.4. The van der Waals surface area contributed by atoms with Crippen molar-refractivity contribution < 1.29 is 24.2 Å². The van der Waals surface area contributed by atoms with Crippen LogP contribution in [0.2, 0.25) is 0 Å². The lowest BCUT2D eigenvalue weighted by Crippen LogP contribution is -2.37. The minimum absolute atomic E-state index is 0.0261. The Kier molecular flexibility index (Phi) is 7.50. The smallest absolute Gasteiger partial charge is 0.407 e. The topological polar surface area (TPSA) is 105 Å². The highest BCUT2D eigenvalue weighted by atomic mass is 16.5. The molecule has 3 atom stereocenters. The molecule has 180 valence electrons. The summed E-state index contributed by atoms with van der Waals surface area (Å²) in [6, 6.07) is 16.4. The summed E-state index contributed by atoms with van der Waals surface area (Å²) < 4.78 is 5.53. The first-order valence-electron chi connectivity index (χ1n) is 12.1. The van der Waals surface area contributed by atoms with Crippen molar-refractivity contribution in [2.24, 2.45) is 11.8 Å². The number of fused-ring (bicyclic) bond motifs is 3. The van der Waals surface area contributed by atoms with E-state index in [4.69, 9.17) is 9.84 Å². The van der Waals surface area contributed by atoms with Gasteiger partial charge in [0.1, 0.15) is 6.61 Å². The SMILES string of the molecule is CC(CCCNC(=O)OCC1c2ccccc2-c2ccccc21)C(=O)N[C@H]1CC[C@@H](C(=O)O)C1. The Morgan fingerprint density at radius 2 is 1.68 bits per heavy atom. The van der Waals surface area contributed by atoms with Crippen molar-refractivity contribution >= 4 is 18.0 Å². The molecule has 1 fully saturated rings. The van der Waals surface area contributed by atoms with Crippen LogP contribution >= 0.6 is 0 Å². The van der Waals surface area contributed by atoms with Crippen molar-refractivity contribution in [2.75, 3.05) is 13.2 Å². The number of carbonyl (C=O) groups is 3. The van der Waals surface area contributed by atoms with Crippen LogP contribution in [0.5, 0.6) is 0 Å². The van der Waals surface area contributed by atoms with Gasteiger partial charge >= 0.3 is 12.1 Å². The number of benzene rings is 2. The van der Waals surface area contributed by atoms with Gasteiger partial charge < -0.3 is 20.5 Å². The normalized spacial score (nSPS) is 19.7. The number of rotatable bonds is 9. The van der Waals surface area contributed by atoms with E-state index >= 15 is 0 Å². The number of amides is 2. The monoisotopic (exact) mass is 464 g/mol. The first kappa shape index (κ1) is 23.8. The average Bonchev–Trinajstić information content (AvgIpc) is 3.43. The highest BCUT2D eigenvalue weighted by Crippen LogP contribution is 2.44. The number of ether oxygens (including phenoxy) is 1. The molecular formula is C27H32N2O5. The van der Waals surface area contributed by atoms with Crippen LogP contribution < -0.4 is 10.6 Å². The Balaban J connectivity index is 1.16. The van der Waals surface area contributed by atoms with Crippen LogP contribution in [0.15, 0.2) is 48.5 Å². The fourth-order valence-electron chi connectivity index (χ4n) is 5.06. The van der Waals surface area contributed by atoms with E-state index in [9.17, 15) is 14.4 Å². The van der Waals surface area contributed by atoms with Crippen molar-refractivity contribution in [3.63, 3.8) is 0 Å². The number of alkyl carbamates (subject to hydrolysis) is 1. The minimum Gasteiger partial charge on any atom is -0.481 e. The molecule has 34 heavy (non-hydrogen) atoms. The molecule has 0 saturated heterocycles. The van der Waals surface area contributed by atoms with Gasteiger partial charge in [-0.3, -0.25) is 9.59 Å². The van der Waals surface area contributed by atoms with Crippen molar-refractivity contribution in [2.45, 2.75) is 51.0 Å². The maximum Gasteiger partial charge on any atom is 0.407 e. The molecule has 7 nitrogen and oxygen atoms in total. The Labute approximate surface area is 199 Å². The molecule has 0 spiro atoms. The maximum absolute atomic E-state index is 12.4. The number of hydrogen-bond donors (Lipinski definition) is 3. The van der Waals surface area contributed by atoms with E-state index in [1.54, 1.807) is 0 Å². The summed E-state index contributed by atoms with van der Waals surface area (Å²) >= 11 is 0. The van der Waals surface area contributed by atoms with Gasteiger partial charge in [0, 0.05) is 24.4 Å². The van der Waals surface area contributed by atoms with Crippen molar-refractivity contribution in [3.05, 3.63) is 59.7 Å². The van der Waals surface area contributed by atoms with Crippen LogP contribution in [0.25, 0.3) is 11.1 Å². The molecule has 4 rings (SSSR count). The van der Waals surface area contributed by atoms with Crippen molar-refractivity contribution in [3.8, 4) is 11.1 Å². The van der Waals surface area contributed by atoms with Crippen LogP contribution in [0.1, 0.15) is 56.1 Å². The third-order valence-electron chi connectivity index (χ3n) is 7.00. The second-order valence-corrected chi connectivity index (χ2v) is 9.35. The van der Waals surface area contributed by atoms with E-state index < -0.39 is 12.1 Å². The highest BCUT2D eigenvalue weighted by Gasteiger charge is 2.31. The summed E-state index contributed by atoms with van der Waals surface area (Å²) in [7, 11) is 0. The number of carboxylic acid groups (broad SMARTS) is 1. The molecule has 2 aromatic carbocycles. The molecule has 2 aromatic rings. The second kappa shape index (κ2) is 10.7. The van der Waals surface area contributed by atoms with Crippen LogP contribution in [0.3, 0.4) is 0 Å². The van der Waals surface area contributed by atoms with Gasteiger partial charge in [-0.2, -0.15) is 0 Å². The summed E-state index contributed by atoms with van der Waals surface area (Å²) in [4.78, 5) is 35.7. The van der Waals surface area contributed by atoms with Gasteiger partial charge in [-0.15, -0.1) is 0 Å². The quantitative estimate of drug-likeness (QED) is 0.480. The van der Waals surface area contributed by atoms with Crippen LogP contribution in [-0.4, -0.2) is 42.3 Å². The van der Waals surface area contributed by atoms with E-state index in [1.165, 1.54) is 22.3 Å². The zero-order valence-electron chi connectivity index (χ0n) is 19.5. The van der Waals surface area contributed by atoms with E-state index in [2.05, 4.69) is 34.9 Å². The molecule has 0 radical (unpaired) electrons. The Morgan fingerprint density at radius 3 is 2.29 bits per heavy atom. The molecule has 0 aliphatic heterocycles. The maximum atomic E-state index is 12.4. The first-order valence-corrected chi connectivity index (χ1v) is 12.1. The number of hydrogen-bond acceptors (Lipinski definition) is 4. The van der Waals surface area contributed by atoms with Gasteiger partial charge in [-0.05, 0) is 54.4 Å². The lowest BCUT2D eigenvalue weighted by molar-refractivity contribution is -0.141. The summed E-state index contributed by atoms with van der Waals surface area (Å²) in [6.45, 7) is 2.56. The largest absolute Gasteiger partial charge is 0.481 e. The molecule has 0 bridgehead atoms. The second-order valence-electron chi connectivity index (χ2n) is 9.35. The Morgan fingerprint density at radius 1 is 1.03 bits per heavy atom. The van der Waals surface area contributed by atoms with Gasteiger partial charge in [0.2, 0.25) is 5.91 Å². The third-order valence-corrected chi connectivity index (χ3v) is 7.00. The minimum atomic E-state index is -0.788. The van der Waals surface area contributed by atoms with Gasteiger partial charge in [-0.1, -0.05) is 55.5 Å².